The van der Waals surface area contributed by atoms with Crippen LogP contribution >= 0.6 is 0 Å². The summed E-state index contributed by atoms with van der Waals surface area (Å²) in [6, 6.07) is 1.50. The van der Waals surface area contributed by atoms with Gasteiger partial charge in [0.25, 0.3) is 0 Å². The van der Waals surface area contributed by atoms with Gasteiger partial charge in [0.2, 0.25) is 0 Å². The predicted octanol–water partition coefficient (Wildman–Crippen LogP) is 0.342. The zero-order valence-electron chi connectivity index (χ0n) is 2.03. The average Bonchev–Trinajstić information content (AvgIpc) is 0.918. The number of hydrogen-bond acceptors (Lipinski definition) is 1. The van der Waals surface area contributed by atoms with Crippen molar-refractivity contribution in [2.45, 2.75) is 0 Å². The molecule has 0 bridgehead atoms. The molecule has 0 aliphatic rings. The van der Waals surface area contributed by atoms with Gasteiger partial charge in [-0.1, -0.05) is 0 Å². The predicted molar refractivity (Wildman–Crippen MR) is 11.0 cm³/mol. The second-order valence-electron chi connectivity index (χ2n) is 0.158. The first kappa shape index (κ1) is 9.11. The first-order valence-corrected chi connectivity index (χ1v) is 0.577. The SMILES string of the molecule is [CH2-]C#N.[Mn]. The Bertz CT molecular complexity index is 27.5. The molecule has 2 heteroatoms. The molecule has 0 spiro atoms. The van der Waals surface area contributed by atoms with Gasteiger partial charge < -0.3 is 6.92 Å². The van der Waals surface area contributed by atoms with Crippen molar-refractivity contribution in [2.75, 3.05) is 0 Å². The quantitative estimate of drug-likeness (QED) is 0.314. The van der Waals surface area contributed by atoms with Gasteiger partial charge in [-0.05, 0) is 0 Å². The molecule has 0 aliphatic carbocycles. The molecular weight excluding hydrogens is 93.0 g/mol. The molecule has 1 nitrogen and oxygen atoms in total. The molecule has 0 atom stereocenters. The van der Waals surface area contributed by atoms with E-state index in [2.05, 4.69) is 6.92 Å². The van der Waals surface area contributed by atoms with Crippen LogP contribution in [0.25, 0.3) is 0 Å². The number of nitrogens with zero attached hydrogens (tertiary/aromatic N) is 1. The van der Waals surface area contributed by atoms with Crippen molar-refractivity contribution in [3.05, 3.63) is 6.92 Å². The summed E-state index contributed by atoms with van der Waals surface area (Å²) in [6.07, 6.45) is 0. The van der Waals surface area contributed by atoms with Gasteiger partial charge >= 0.3 is 0 Å². The Morgan fingerprint density at radius 3 is 1.75 bits per heavy atom. The smallest absolute Gasteiger partial charge is 0 e. The van der Waals surface area contributed by atoms with Crippen molar-refractivity contribution in [3.63, 3.8) is 0 Å². The number of nitriles is 1. The molecule has 1 radical (unpaired) electrons. The Labute approximate surface area is 36.1 Å². The summed E-state index contributed by atoms with van der Waals surface area (Å²) in [4.78, 5) is 0. The van der Waals surface area contributed by atoms with Crippen LogP contribution in [0.2, 0.25) is 0 Å². The third kappa shape index (κ3) is 100. The van der Waals surface area contributed by atoms with Gasteiger partial charge in [0.1, 0.15) is 0 Å². The van der Waals surface area contributed by atoms with E-state index in [1.165, 1.54) is 6.07 Å². The molecule has 0 N–H and O–H groups in total. The maximum absolute atomic E-state index is 7.21. The second kappa shape index (κ2) is 13.2. The average molecular weight is 95.0 g/mol. The molecule has 0 amide bonds. The van der Waals surface area contributed by atoms with Crippen LogP contribution in [0.4, 0.5) is 0 Å². The van der Waals surface area contributed by atoms with Crippen LogP contribution in [0.15, 0.2) is 0 Å². The minimum absolute atomic E-state index is 0. The van der Waals surface area contributed by atoms with Crippen LogP contribution in [0.5, 0.6) is 0 Å². The minimum atomic E-state index is 0. The van der Waals surface area contributed by atoms with E-state index in [1.54, 1.807) is 0 Å². The Kier molecular flexibility index (Phi) is 29.9. The summed E-state index contributed by atoms with van der Waals surface area (Å²) in [6.45, 7) is 2.79. The van der Waals surface area contributed by atoms with Crippen molar-refractivity contribution in [3.8, 4) is 6.07 Å². The van der Waals surface area contributed by atoms with Crippen molar-refractivity contribution >= 4 is 0 Å². The van der Waals surface area contributed by atoms with Crippen molar-refractivity contribution in [1.82, 2.24) is 0 Å². The second-order valence-corrected chi connectivity index (χ2v) is 0.158. The Balaban J connectivity index is 0. The van der Waals surface area contributed by atoms with Crippen molar-refractivity contribution in [1.29, 1.82) is 5.26 Å². The van der Waals surface area contributed by atoms with Crippen molar-refractivity contribution in [2.24, 2.45) is 0 Å². The fraction of sp³-hybridized carbons (Fsp3) is 0. The van der Waals surface area contributed by atoms with Gasteiger partial charge in [-0.15, -0.1) is 6.07 Å². The van der Waals surface area contributed by atoms with E-state index in [9.17, 15) is 0 Å². The van der Waals surface area contributed by atoms with Crippen LogP contribution in [-0.2, 0) is 17.1 Å². The molecule has 0 saturated carbocycles. The monoisotopic (exact) mass is 95.0 g/mol. The van der Waals surface area contributed by atoms with E-state index >= 15 is 0 Å². The normalized spacial score (nSPS) is 1.75. The fourth-order valence-corrected chi connectivity index (χ4v) is 0. The molecule has 0 rings (SSSR count). The summed E-state index contributed by atoms with van der Waals surface area (Å²) in [5, 5.41) is 7.21. The summed E-state index contributed by atoms with van der Waals surface area (Å²) in [5.41, 5.74) is 0. The first-order valence-electron chi connectivity index (χ1n) is 0.577. The third-order valence-electron chi connectivity index (χ3n) is 0. The summed E-state index contributed by atoms with van der Waals surface area (Å²) < 4.78 is 0. The summed E-state index contributed by atoms with van der Waals surface area (Å²) >= 11 is 0. The summed E-state index contributed by atoms with van der Waals surface area (Å²) in [7, 11) is 0. The van der Waals surface area contributed by atoms with Gasteiger partial charge in [-0.3, -0.25) is 0 Å². The summed E-state index contributed by atoms with van der Waals surface area (Å²) in [5.74, 6) is 0. The molecule has 0 aliphatic heterocycles. The molecule has 0 aromatic rings. The standard InChI is InChI=1S/C2H2N.Mn/c1-2-3;/h1H2;/q-1;. The molecule has 0 aromatic carbocycles. The first-order chi connectivity index (χ1) is 1.41. The zero-order valence-corrected chi connectivity index (χ0v) is 3.21. The van der Waals surface area contributed by atoms with Crippen LogP contribution in [0.3, 0.4) is 0 Å². The molecule has 0 heterocycles. The van der Waals surface area contributed by atoms with Gasteiger partial charge in [-0.2, -0.15) is 0 Å². The Hall–Kier alpha value is -0.121. The van der Waals surface area contributed by atoms with E-state index < -0.39 is 0 Å². The molecule has 0 fully saturated rings. The van der Waals surface area contributed by atoms with Crippen LogP contribution < -0.4 is 0 Å². The van der Waals surface area contributed by atoms with Gasteiger partial charge in [0, 0.05) is 17.1 Å². The topological polar surface area (TPSA) is 23.8 Å². The zero-order chi connectivity index (χ0) is 2.71. The number of hydrogen-bond donors (Lipinski definition) is 0. The van der Waals surface area contributed by atoms with Gasteiger partial charge in [0.05, 0.1) is 0 Å². The van der Waals surface area contributed by atoms with Gasteiger partial charge in [-0.25, -0.2) is 5.26 Å². The van der Waals surface area contributed by atoms with E-state index in [1.807, 2.05) is 0 Å². The largest absolute Gasteiger partial charge is 0.305 e. The van der Waals surface area contributed by atoms with Crippen LogP contribution in [0, 0.1) is 18.3 Å². The maximum Gasteiger partial charge on any atom is 0 e. The van der Waals surface area contributed by atoms with E-state index in [-0.39, 0.29) is 17.1 Å². The molecule has 23 valence electrons. The molecule has 0 unspecified atom stereocenters. The Morgan fingerprint density at radius 1 is 1.75 bits per heavy atom. The third-order valence-corrected chi connectivity index (χ3v) is 0. The van der Waals surface area contributed by atoms with E-state index in [0.29, 0.717) is 0 Å². The minimum Gasteiger partial charge on any atom is -0.305 e. The fourth-order valence-electron chi connectivity index (χ4n) is 0. The number of rotatable bonds is 0. The maximum atomic E-state index is 7.21. The molecule has 0 saturated heterocycles. The van der Waals surface area contributed by atoms with E-state index in [4.69, 9.17) is 5.26 Å². The molecule has 4 heavy (non-hydrogen) atoms. The molecular formula is C2H2MnN-. The van der Waals surface area contributed by atoms with Crippen LogP contribution in [-0.4, -0.2) is 0 Å². The van der Waals surface area contributed by atoms with E-state index in [0.717, 1.165) is 0 Å². The van der Waals surface area contributed by atoms with Gasteiger partial charge in [0.15, 0.2) is 0 Å². The molecule has 0 aromatic heterocycles. The Morgan fingerprint density at radius 2 is 1.75 bits per heavy atom. The van der Waals surface area contributed by atoms with Crippen LogP contribution in [0.1, 0.15) is 0 Å². The van der Waals surface area contributed by atoms with Crippen molar-refractivity contribution < 1.29 is 17.1 Å².